The molecule has 102 valence electrons. The van der Waals surface area contributed by atoms with Crippen molar-refractivity contribution in [3.8, 4) is 0 Å². The van der Waals surface area contributed by atoms with Gasteiger partial charge >= 0.3 is 5.97 Å². The van der Waals surface area contributed by atoms with Gasteiger partial charge in [0.05, 0.1) is 13.5 Å². The van der Waals surface area contributed by atoms with Crippen LogP contribution in [-0.4, -0.2) is 38.1 Å². The largest absolute Gasteiger partial charge is 0.469 e. The van der Waals surface area contributed by atoms with E-state index in [1.54, 1.807) is 0 Å². The Morgan fingerprint density at radius 3 is 2.84 bits per heavy atom. The number of hydrogen-bond donors (Lipinski definition) is 1. The van der Waals surface area contributed by atoms with Gasteiger partial charge in [0.15, 0.2) is 0 Å². The van der Waals surface area contributed by atoms with Crippen LogP contribution >= 0.6 is 0 Å². The number of benzene rings is 1. The average molecular weight is 262 g/mol. The van der Waals surface area contributed by atoms with Crippen molar-refractivity contribution in [1.29, 1.82) is 0 Å². The van der Waals surface area contributed by atoms with Gasteiger partial charge in [0.1, 0.15) is 6.04 Å². The maximum Gasteiger partial charge on any atom is 0.308 e. The molecule has 0 saturated carbocycles. The summed E-state index contributed by atoms with van der Waals surface area (Å²) in [5.74, 6) is -0.491. The van der Waals surface area contributed by atoms with Crippen molar-refractivity contribution in [3.63, 3.8) is 0 Å². The fraction of sp³-hybridized carbons (Fsp3) is 0.429. The predicted octanol–water partition coefficient (Wildman–Crippen LogP) is 0.945. The van der Waals surface area contributed by atoms with Gasteiger partial charge in [-0.1, -0.05) is 18.2 Å². The number of methoxy groups -OCH3 is 1. The first-order valence-corrected chi connectivity index (χ1v) is 6.38. The second-order valence-electron chi connectivity index (χ2n) is 4.47. The molecule has 0 radical (unpaired) electrons. The van der Waals surface area contributed by atoms with Crippen LogP contribution in [0.2, 0.25) is 0 Å². The number of rotatable bonds is 3. The van der Waals surface area contributed by atoms with Crippen LogP contribution in [-0.2, 0) is 14.3 Å². The van der Waals surface area contributed by atoms with Crippen molar-refractivity contribution in [2.75, 3.05) is 25.1 Å². The topological polar surface area (TPSA) is 58.6 Å². The number of nitrogens with zero attached hydrogens (tertiary/aromatic N) is 1. The molecule has 0 aromatic heterocycles. The minimum absolute atomic E-state index is 0.0667. The zero-order chi connectivity index (χ0) is 13.7. The fourth-order valence-electron chi connectivity index (χ4n) is 2.25. The molecule has 1 aromatic carbocycles. The van der Waals surface area contributed by atoms with Crippen molar-refractivity contribution in [1.82, 2.24) is 5.32 Å². The van der Waals surface area contributed by atoms with Gasteiger partial charge in [0.25, 0.3) is 0 Å². The monoisotopic (exact) mass is 262 g/mol. The molecule has 0 aliphatic carbocycles. The van der Waals surface area contributed by atoms with Crippen LogP contribution in [0, 0.1) is 0 Å². The summed E-state index contributed by atoms with van der Waals surface area (Å²) in [7, 11) is 1.34. The number of amides is 1. The Hall–Kier alpha value is -2.04. The lowest BCUT2D eigenvalue weighted by atomic mass is 10.1. The first kappa shape index (κ1) is 13.4. The third-order valence-corrected chi connectivity index (χ3v) is 3.23. The highest BCUT2D eigenvalue weighted by atomic mass is 16.5. The Morgan fingerprint density at radius 1 is 1.42 bits per heavy atom. The summed E-state index contributed by atoms with van der Waals surface area (Å²) in [5.41, 5.74) is 0.952. The zero-order valence-electron chi connectivity index (χ0n) is 11.0. The highest BCUT2D eigenvalue weighted by Crippen LogP contribution is 2.20. The molecule has 5 heteroatoms. The van der Waals surface area contributed by atoms with Gasteiger partial charge in [0.2, 0.25) is 5.91 Å². The Labute approximate surface area is 112 Å². The molecule has 1 aliphatic rings. The number of carbonyl (C=O) groups excluding carboxylic acids is 2. The standard InChI is InChI=1S/C14H18N2O3/c1-19-13(17)10-12-14(18)15-8-5-9-16(12)11-6-3-2-4-7-11/h2-4,6-7,12H,5,8-10H2,1H3,(H,15,18). The van der Waals surface area contributed by atoms with Gasteiger partial charge in [-0.15, -0.1) is 0 Å². The lowest BCUT2D eigenvalue weighted by molar-refractivity contribution is -0.142. The lowest BCUT2D eigenvalue weighted by Gasteiger charge is -2.29. The molecular formula is C14H18N2O3. The minimum Gasteiger partial charge on any atom is -0.469 e. The molecule has 1 aliphatic heterocycles. The van der Waals surface area contributed by atoms with Crippen LogP contribution in [0.25, 0.3) is 0 Å². The third-order valence-electron chi connectivity index (χ3n) is 3.23. The molecule has 0 bridgehead atoms. The van der Waals surface area contributed by atoms with E-state index in [0.717, 1.165) is 18.7 Å². The summed E-state index contributed by atoms with van der Waals surface area (Å²) < 4.78 is 4.68. The molecule has 1 amide bonds. The highest BCUT2D eigenvalue weighted by Gasteiger charge is 2.30. The van der Waals surface area contributed by atoms with Crippen LogP contribution in [0.1, 0.15) is 12.8 Å². The summed E-state index contributed by atoms with van der Waals surface area (Å²) in [6, 6.07) is 9.17. The Morgan fingerprint density at radius 2 is 2.16 bits per heavy atom. The van der Waals surface area contributed by atoms with E-state index in [0.29, 0.717) is 6.54 Å². The fourth-order valence-corrected chi connectivity index (χ4v) is 2.25. The van der Waals surface area contributed by atoms with E-state index in [9.17, 15) is 9.59 Å². The first-order chi connectivity index (χ1) is 9.22. The Bertz CT molecular complexity index is 447. The molecule has 19 heavy (non-hydrogen) atoms. The number of ether oxygens (including phenoxy) is 1. The van der Waals surface area contributed by atoms with Crippen molar-refractivity contribution in [2.45, 2.75) is 18.9 Å². The van der Waals surface area contributed by atoms with Crippen molar-refractivity contribution in [2.24, 2.45) is 0 Å². The SMILES string of the molecule is COC(=O)CC1C(=O)NCCCN1c1ccccc1. The number of esters is 1. The molecule has 1 fully saturated rings. The summed E-state index contributed by atoms with van der Waals surface area (Å²) >= 11 is 0. The van der Waals surface area contributed by atoms with E-state index in [-0.39, 0.29) is 18.3 Å². The van der Waals surface area contributed by atoms with E-state index < -0.39 is 6.04 Å². The molecule has 1 heterocycles. The molecule has 5 nitrogen and oxygen atoms in total. The maximum atomic E-state index is 12.1. The third kappa shape index (κ3) is 3.24. The zero-order valence-corrected chi connectivity index (χ0v) is 11.0. The molecular weight excluding hydrogens is 244 g/mol. The predicted molar refractivity (Wildman–Crippen MR) is 71.8 cm³/mol. The Balaban J connectivity index is 2.25. The van der Waals surface area contributed by atoms with Gasteiger partial charge in [0, 0.05) is 18.8 Å². The van der Waals surface area contributed by atoms with Crippen LogP contribution in [0.15, 0.2) is 30.3 Å². The quantitative estimate of drug-likeness (QED) is 0.824. The van der Waals surface area contributed by atoms with Gasteiger partial charge in [-0.25, -0.2) is 0 Å². The number of para-hydroxylation sites is 1. The maximum absolute atomic E-state index is 12.1. The van der Waals surface area contributed by atoms with E-state index in [4.69, 9.17) is 0 Å². The van der Waals surface area contributed by atoms with Crippen LogP contribution < -0.4 is 10.2 Å². The number of nitrogens with one attached hydrogen (secondary N) is 1. The minimum atomic E-state index is -0.502. The van der Waals surface area contributed by atoms with Crippen LogP contribution in [0.3, 0.4) is 0 Å². The lowest BCUT2D eigenvalue weighted by Crippen LogP contribution is -2.45. The molecule has 1 aromatic rings. The average Bonchev–Trinajstić information content (AvgIpc) is 2.62. The Kier molecular flexibility index (Phi) is 4.39. The number of carbonyl (C=O) groups is 2. The van der Waals surface area contributed by atoms with E-state index >= 15 is 0 Å². The number of anilines is 1. The summed E-state index contributed by atoms with van der Waals surface area (Å²) in [5, 5.41) is 2.84. The van der Waals surface area contributed by atoms with Crippen LogP contribution in [0.5, 0.6) is 0 Å². The molecule has 1 N–H and O–H groups in total. The van der Waals surface area contributed by atoms with E-state index in [1.807, 2.05) is 35.2 Å². The van der Waals surface area contributed by atoms with Crippen LogP contribution in [0.4, 0.5) is 5.69 Å². The molecule has 1 unspecified atom stereocenters. The van der Waals surface area contributed by atoms with Gasteiger partial charge < -0.3 is 15.0 Å². The van der Waals surface area contributed by atoms with Crippen molar-refractivity contribution < 1.29 is 14.3 Å². The van der Waals surface area contributed by atoms with Gasteiger partial charge in [-0.05, 0) is 18.6 Å². The molecule has 1 saturated heterocycles. The highest BCUT2D eigenvalue weighted by molar-refractivity contribution is 5.90. The van der Waals surface area contributed by atoms with E-state index in [1.165, 1.54) is 7.11 Å². The molecule has 1 atom stereocenters. The normalized spacial score (nSPS) is 19.5. The van der Waals surface area contributed by atoms with Crippen molar-refractivity contribution in [3.05, 3.63) is 30.3 Å². The smallest absolute Gasteiger partial charge is 0.308 e. The molecule has 2 rings (SSSR count). The van der Waals surface area contributed by atoms with Crippen molar-refractivity contribution >= 4 is 17.6 Å². The molecule has 0 spiro atoms. The van der Waals surface area contributed by atoms with E-state index in [2.05, 4.69) is 10.1 Å². The van der Waals surface area contributed by atoms with Gasteiger partial charge in [-0.2, -0.15) is 0 Å². The summed E-state index contributed by atoms with van der Waals surface area (Å²) in [6.07, 6.45) is 0.926. The summed E-state index contributed by atoms with van der Waals surface area (Å²) in [6.45, 7) is 1.38. The second kappa shape index (κ2) is 6.22. The summed E-state index contributed by atoms with van der Waals surface area (Å²) in [4.78, 5) is 25.5. The number of hydrogen-bond acceptors (Lipinski definition) is 4. The van der Waals surface area contributed by atoms with Gasteiger partial charge in [-0.3, -0.25) is 9.59 Å². The second-order valence-corrected chi connectivity index (χ2v) is 4.47. The first-order valence-electron chi connectivity index (χ1n) is 6.38.